The van der Waals surface area contributed by atoms with E-state index in [0.717, 1.165) is 0 Å². The molecule has 28 heavy (non-hydrogen) atoms. The average molecular weight is 381 g/mol. The molecule has 3 N–H and O–H groups in total. The van der Waals surface area contributed by atoms with Crippen molar-refractivity contribution in [3.63, 3.8) is 0 Å². The molecule has 4 rings (SSSR count). The maximum atomic E-state index is 13.1. The minimum Gasteiger partial charge on any atom is -0.508 e. The van der Waals surface area contributed by atoms with Crippen LogP contribution in [0.15, 0.2) is 48.7 Å². The van der Waals surface area contributed by atoms with Crippen molar-refractivity contribution in [1.29, 1.82) is 0 Å². The normalized spacial score (nSPS) is 16.5. The van der Waals surface area contributed by atoms with Gasteiger partial charge in [-0.1, -0.05) is 0 Å². The van der Waals surface area contributed by atoms with Crippen LogP contribution in [0.5, 0.6) is 5.75 Å². The molecule has 7 nitrogen and oxygen atoms in total. The van der Waals surface area contributed by atoms with Crippen molar-refractivity contribution in [1.82, 2.24) is 10.3 Å². The number of carbonyl (C=O) groups is 3. The van der Waals surface area contributed by atoms with Gasteiger partial charge >= 0.3 is 0 Å². The monoisotopic (exact) mass is 381 g/mol. The molecular weight excluding hydrogens is 365 g/mol. The largest absolute Gasteiger partial charge is 0.508 e. The molecule has 1 unspecified atom stereocenters. The molecule has 3 aromatic rings. The van der Waals surface area contributed by atoms with E-state index in [4.69, 9.17) is 0 Å². The van der Waals surface area contributed by atoms with Crippen LogP contribution in [0.4, 0.5) is 10.1 Å². The Morgan fingerprint density at radius 2 is 1.93 bits per heavy atom. The number of hydrogen-bond donors (Lipinski definition) is 3. The standard InChI is InChI=1S/C20H16FN3O4/c21-11-1-3-12(4-2-11)24-8-7-17(20(24)28)23-19(27)18(26)15-10-22-16-6-5-13(25)9-14(15)16/h1-6,9-10,17,22,25H,7-8H2,(H,23,27). The fraction of sp³-hybridized carbons (Fsp3) is 0.150. The quantitative estimate of drug-likeness (QED) is 0.476. The summed E-state index contributed by atoms with van der Waals surface area (Å²) >= 11 is 0. The van der Waals surface area contributed by atoms with Gasteiger partial charge in [-0.2, -0.15) is 0 Å². The molecule has 2 aromatic carbocycles. The molecule has 1 aliphatic rings. The lowest BCUT2D eigenvalue weighted by atomic mass is 10.1. The number of halogens is 1. The third-order valence-corrected chi connectivity index (χ3v) is 4.77. The first-order chi connectivity index (χ1) is 13.4. The number of benzene rings is 2. The van der Waals surface area contributed by atoms with Crippen molar-refractivity contribution < 1.29 is 23.9 Å². The average Bonchev–Trinajstić information content (AvgIpc) is 3.25. The minimum atomic E-state index is -0.899. The second-order valence-electron chi connectivity index (χ2n) is 6.54. The van der Waals surface area contributed by atoms with Gasteiger partial charge in [-0.3, -0.25) is 14.4 Å². The lowest BCUT2D eigenvalue weighted by molar-refractivity contribution is -0.124. The summed E-state index contributed by atoms with van der Waals surface area (Å²) in [5, 5.41) is 12.5. The number of fused-ring (bicyclic) bond motifs is 1. The number of amides is 2. The predicted molar refractivity (Wildman–Crippen MR) is 99.6 cm³/mol. The van der Waals surface area contributed by atoms with E-state index in [-0.39, 0.29) is 17.2 Å². The van der Waals surface area contributed by atoms with Gasteiger partial charge in [0.2, 0.25) is 5.91 Å². The van der Waals surface area contributed by atoms with Crippen LogP contribution in [-0.2, 0) is 9.59 Å². The van der Waals surface area contributed by atoms with Gasteiger partial charge in [0.1, 0.15) is 17.6 Å². The van der Waals surface area contributed by atoms with Crippen LogP contribution in [-0.4, -0.2) is 40.3 Å². The summed E-state index contributed by atoms with van der Waals surface area (Å²) in [4.78, 5) is 41.8. The Morgan fingerprint density at radius 1 is 1.18 bits per heavy atom. The summed E-state index contributed by atoms with van der Waals surface area (Å²) in [5.74, 6) is -2.49. The van der Waals surface area contributed by atoms with Gasteiger partial charge in [0.15, 0.2) is 0 Å². The van der Waals surface area contributed by atoms with E-state index in [0.29, 0.717) is 29.6 Å². The second-order valence-corrected chi connectivity index (χ2v) is 6.54. The van der Waals surface area contributed by atoms with E-state index in [2.05, 4.69) is 10.3 Å². The van der Waals surface area contributed by atoms with Crippen LogP contribution in [0.25, 0.3) is 10.9 Å². The fourth-order valence-electron chi connectivity index (χ4n) is 3.33. The SMILES string of the molecule is O=C(NC1CCN(c2ccc(F)cc2)C1=O)C(=O)c1c[nH]c2ccc(O)cc12. The zero-order valence-corrected chi connectivity index (χ0v) is 14.6. The van der Waals surface area contributed by atoms with Crippen LogP contribution < -0.4 is 10.2 Å². The highest BCUT2D eigenvalue weighted by atomic mass is 19.1. The van der Waals surface area contributed by atoms with Gasteiger partial charge in [-0.25, -0.2) is 4.39 Å². The highest BCUT2D eigenvalue weighted by molar-refractivity contribution is 6.45. The van der Waals surface area contributed by atoms with Crippen LogP contribution >= 0.6 is 0 Å². The molecule has 1 saturated heterocycles. The van der Waals surface area contributed by atoms with Crippen molar-refractivity contribution in [2.24, 2.45) is 0 Å². The van der Waals surface area contributed by atoms with Gasteiger partial charge in [0.05, 0.1) is 5.56 Å². The van der Waals surface area contributed by atoms with Gasteiger partial charge in [-0.05, 0) is 48.9 Å². The van der Waals surface area contributed by atoms with Crippen LogP contribution in [0, 0.1) is 5.82 Å². The Morgan fingerprint density at radius 3 is 2.68 bits per heavy atom. The van der Waals surface area contributed by atoms with Crippen molar-refractivity contribution in [2.45, 2.75) is 12.5 Å². The molecule has 0 saturated carbocycles. The number of hydrogen-bond acceptors (Lipinski definition) is 4. The Balaban J connectivity index is 1.49. The number of ketones is 1. The summed E-state index contributed by atoms with van der Waals surface area (Å²) < 4.78 is 13.1. The smallest absolute Gasteiger partial charge is 0.293 e. The van der Waals surface area contributed by atoms with Crippen LogP contribution in [0.1, 0.15) is 16.8 Å². The summed E-state index contributed by atoms with van der Waals surface area (Å²) in [6, 6.07) is 9.11. The van der Waals surface area contributed by atoms with Crippen LogP contribution in [0.2, 0.25) is 0 Å². The zero-order chi connectivity index (χ0) is 19.8. The number of anilines is 1. The van der Waals surface area contributed by atoms with Gasteiger partial charge in [-0.15, -0.1) is 0 Å². The second kappa shape index (κ2) is 6.80. The zero-order valence-electron chi connectivity index (χ0n) is 14.6. The first-order valence-corrected chi connectivity index (χ1v) is 8.66. The minimum absolute atomic E-state index is 0.0255. The predicted octanol–water partition coefficient (Wildman–Crippen LogP) is 2.12. The first-order valence-electron chi connectivity index (χ1n) is 8.66. The molecule has 0 bridgehead atoms. The Bertz CT molecular complexity index is 1090. The number of H-pyrrole nitrogens is 1. The number of aromatic amines is 1. The summed E-state index contributed by atoms with van der Waals surface area (Å²) in [6.45, 7) is 0.352. The number of aromatic nitrogens is 1. The molecule has 0 aliphatic carbocycles. The van der Waals surface area contributed by atoms with Crippen molar-refractivity contribution in [3.8, 4) is 5.75 Å². The third kappa shape index (κ3) is 3.09. The van der Waals surface area contributed by atoms with E-state index in [1.807, 2.05) is 0 Å². The molecule has 0 spiro atoms. The number of nitrogens with one attached hydrogen (secondary N) is 2. The Kier molecular flexibility index (Phi) is 4.31. The number of rotatable bonds is 4. The van der Waals surface area contributed by atoms with E-state index in [1.54, 1.807) is 6.07 Å². The maximum absolute atomic E-state index is 13.1. The molecule has 8 heteroatoms. The number of carbonyl (C=O) groups excluding carboxylic acids is 3. The van der Waals surface area contributed by atoms with Gasteiger partial charge in [0, 0.05) is 29.3 Å². The molecule has 1 fully saturated rings. The molecule has 1 atom stereocenters. The highest BCUT2D eigenvalue weighted by Crippen LogP contribution is 2.24. The fourth-order valence-corrected chi connectivity index (χ4v) is 3.33. The molecule has 142 valence electrons. The van der Waals surface area contributed by atoms with Gasteiger partial charge < -0.3 is 20.3 Å². The van der Waals surface area contributed by atoms with E-state index >= 15 is 0 Å². The summed E-state index contributed by atoms with van der Waals surface area (Å²) in [7, 11) is 0. The van der Waals surface area contributed by atoms with Gasteiger partial charge in [0.25, 0.3) is 11.7 Å². The molecule has 2 heterocycles. The summed E-state index contributed by atoms with van der Waals surface area (Å²) in [6.07, 6.45) is 1.73. The molecule has 1 aliphatic heterocycles. The van der Waals surface area contributed by atoms with E-state index in [9.17, 15) is 23.9 Å². The maximum Gasteiger partial charge on any atom is 0.293 e. The summed E-state index contributed by atoms with van der Waals surface area (Å²) in [5.41, 5.74) is 1.25. The molecule has 2 amide bonds. The van der Waals surface area contributed by atoms with E-state index in [1.165, 1.54) is 47.5 Å². The first kappa shape index (κ1) is 17.7. The number of aromatic hydroxyl groups is 1. The number of Topliss-reactive ketones (excluding diaryl/α,β-unsaturated/α-hetero) is 1. The van der Waals surface area contributed by atoms with Crippen molar-refractivity contribution in [2.75, 3.05) is 11.4 Å². The third-order valence-electron chi connectivity index (χ3n) is 4.77. The molecule has 1 aromatic heterocycles. The number of nitrogens with zero attached hydrogens (tertiary/aromatic N) is 1. The molecular formula is C20H16FN3O4. The highest BCUT2D eigenvalue weighted by Gasteiger charge is 2.35. The Labute approximate surface area is 158 Å². The van der Waals surface area contributed by atoms with Crippen molar-refractivity contribution >= 4 is 34.2 Å². The van der Waals surface area contributed by atoms with Crippen LogP contribution in [0.3, 0.4) is 0 Å². The van der Waals surface area contributed by atoms with E-state index < -0.39 is 23.5 Å². The molecule has 0 radical (unpaired) electrons. The van der Waals surface area contributed by atoms with Crippen molar-refractivity contribution in [3.05, 3.63) is 60.0 Å². The Hall–Kier alpha value is -3.68. The lowest BCUT2D eigenvalue weighted by Crippen LogP contribution is -2.44. The topological polar surface area (TPSA) is 103 Å². The lowest BCUT2D eigenvalue weighted by Gasteiger charge is -2.17. The number of phenolic OH excluding ortho intramolecular Hbond substituents is 1. The number of phenols is 1.